The smallest absolute Gasteiger partial charge is 0.276 e. The highest BCUT2D eigenvalue weighted by Crippen LogP contribution is 2.40. The van der Waals surface area contributed by atoms with Gasteiger partial charge in [-0.3, -0.25) is 9.78 Å². The lowest BCUT2D eigenvalue weighted by atomic mass is 10.0. The van der Waals surface area contributed by atoms with Gasteiger partial charge in [0.25, 0.3) is 5.91 Å². The van der Waals surface area contributed by atoms with Gasteiger partial charge in [-0.25, -0.2) is 0 Å². The second-order valence-corrected chi connectivity index (χ2v) is 6.53. The number of hydrogen-bond acceptors (Lipinski definition) is 4. The standard InChI is InChI=1S/C18H21N3O2/c22-18(15-12-17(23-20-15)14-5-6-14)21-11-3-1-2-4-16(21)13-7-9-19-10-8-13/h7-10,12,14,16H,1-6,11H2/t16-/m0/s1. The van der Waals surface area contributed by atoms with Gasteiger partial charge in [-0.1, -0.05) is 18.0 Å². The van der Waals surface area contributed by atoms with E-state index < -0.39 is 0 Å². The van der Waals surface area contributed by atoms with Crippen molar-refractivity contribution in [2.75, 3.05) is 6.54 Å². The molecule has 1 atom stereocenters. The topological polar surface area (TPSA) is 59.2 Å². The fraction of sp³-hybridized carbons (Fsp3) is 0.500. The molecule has 5 nitrogen and oxygen atoms in total. The Morgan fingerprint density at radius 1 is 1.13 bits per heavy atom. The predicted molar refractivity (Wildman–Crippen MR) is 85.0 cm³/mol. The van der Waals surface area contributed by atoms with E-state index in [4.69, 9.17) is 4.52 Å². The van der Waals surface area contributed by atoms with E-state index >= 15 is 0 Å². The van der Waals surface area contributed by atoms with E-state index in [-0.39, 0.29) is 11.9 Å². The van der Waals surface area contributed by atoms with Crippen LogP contribution >= 0.6 is 0 Å². The number of likely N-dealkylation sites (tertiary alicyclic amines) is 1. The molecule has 4 rings (SSSR count). The highest BCUT2D eigenvalue weighted by atomic mass is 16.5. The zero-order valence-electron chi connectivity index (χ0n) is 13.1. The van der Waals surface area contributed by atoms with Crippen molar-refractivity contribution in [1.29, 1.82) is 0 Å². The van der Waals surface area contributed by atoms with Gasteiger partial charge in [0.2, 0.25) is 0 Å². The molecule has 3 heterocycles. The molecule has 2 aliphatic rings. The summed E-state index contributed by atoms with van der Waals surface area (Å²) in [4.78, 5) is 19.0. The number of carbonyl (C=O) groups is 1. The predicted octanol–water partition coefficient (Wildman–Crippen LogP) is 3.70. The van der Waals surface area contributed by atoms with Crippen LogP contribution in [0.5, 0.6) is 0 Å². The number of hydrogen-bond donors (Lipinski definition) is 0. The van der Waals surface area contributed by atoms with Gasteiger partial charge in [0.15, 0.2) is 5.69 Å². The van der Waals surface area contributed by atoms with E-state index in [1.807, 2.05) is 23.1 Å². The minimum absolute atomic E-state index is 0.00985. The van der Waals surface area contributed by atoms with Crippen LogP contribution in [-0.4, -0.2) is 27.5 Å². The summed E-state index contributed by atoms with van der Waals surface area (Å²) >= 11 is 0. The molecule has 0 aromatic carbocycles. The molecule has 0 spiro atoms. The summed E-state index contributed by atoms with van der Waals surface area (Å²) in [6, 6.07) is 5.96. The molecule has 5 heteroatoms. The molecule has 2 aromatic heterocycles. The molecule has 1 amide bonds. The number of amides is 1. The Kier molecular flexibility index (Phi) is 3.85. The normalized spacial score (nSPS) is 21.9. The minimum Gasteiger partial charge on any atom is -0.360 e. The van der Waals surface area contributed by atoms with Crippen molar-refractivity contribution in [3.63, 3.8) is 0 Å². The molecule has 1 saturated carbocycles. The highest BCUT2D eigenvalue weighted by molar-refractivity contribution is 5.92. The third-order valence-electron chi connectivity index (χ3n) is 4.83. The van der Waals surface area contributed by atoms with E-state index in [1.54, 1.807) is 12.4 Å². The Hall–Kier alpha value is -2.17. The van der Waals surface area contributed by atoms with Gasteiger partial charge in [0.05, 0.1) is 6.04 Å². The van der Waals surface area contributed by atoms with Crippen LogP contribution in [0, 0.1) is 0 Å². The van der Waals surface area contributed by atoms with Crippen molar-refractivity contribution in [2.45, 2.75) is 50.5 Å². The number of carbonyl (C=O) groups excluding carboxylic acids is 1. The van der Waals surface area contributed by atoms with E-state index in [0.717, 1.165) is 56.4 Å². The molecule has 1 aliphatic carbocycles. The van der Waals surface area contributed by atoms with E-state index in [2.05, 4.69) is 10.1 Å². The fourth-order valence-corrected chi connectivity index (χ4v) is 3.38. The summed E-state index contributed by atoms with van der Waals surface area (Å²) in [7, 11) is 0. The second kappa shape index (κ2) is 6.14. The van der Waals surface area contributed by atoms with Gasteiger partial charge in [-0.2, -0.15) is 0 Å². The van der Waals surface area contributed by atoms with Crippen molar-refractivity contribution in [2.24, 2.45) is 0 Å². The molecule has 120 valence electrons. The third-order valence-corrected chi connectivity index (χ3v) is 4.83. The van der Waals surface area contributed by atoms with Crippen molar-refractivity contribution in [3.05, 3.63) is 47.6 Å². The summed E-state index contributed by atoms with van der Waals surface area (Å²) in [5, 5.41) is 4.03. The van der Waals surface area contributed by atoms with E-state index in [0.29, 0.717) is 11.6 Å². The fourth-order valence-electron chi connectivity index (χ4n) is 3.38. The maximum Gasteiger partial charge on any atom is 0.276 e. The molecule has 0 bridgehead atoms. The molecule has 1 aliphatic heterocycles. The van der Waals surface area contributed by atoms with Crippen LogP contribution in [0.1, 0.15) is 72.3 Å². The largest absolute Gasteiger partial charge is 0.360 e. The van der Waals surface area contributed by atoms with Gasteiger partial charge in [-0.15, -0.1) is 0 Å². The van der Waals surface area contributed by atoms with Gasteiger partial charge in [0, 0.05) is 30.9 Å². The summed E-state index contributed by atoms with van der Waals surface area (Å²) in [5.41, 5.74) is 1.61. The Labute approximate surface area is 135 Å². The van der Waals surface area contributed by atoms with Crippen LogP contribution in [0.2, 0.25) is 0 Å². The van der Waals surface area contributed by atoms with Crippen molar-refractivity contribution in [1.82, 2.24) is 15.0 Å². The quantitative estimate of drug-likeness (QED) is 0.867. The Bertz CT molecular complexity index is 679. The molecule has 0 radical (unpaired) electrons. The molecular formula is C18H21N3O2. The maximum atomic E-state index is 13.0. The Balaban J connectivity index is 1.60. The van der Waals surface area contributed by atoms with Gasteiger partial charge in [0.1, 0.15) is 5.76 Å². The van der Waals surface area contributed by atoms with Crippen LogP contribution in [0.4, 0.5) is 0 Å². The molecule has 2 aromatic rings. The molecular weight excluding hydrogens is 290 g/mol. The number of pyridine rings is 1. The van der Waals surface area contributed by atoms with Gasteiger partial charge in [-0.05, 0) is 43.4 Å². The monoisotopic (exact) mass is 311 g/mol. The zero-order chi connectivity index (χ0) is 15.6. The SMILES string of the molecule is O=C(c1cc(C2CC2)on1)N1CCCCC[C@H]1c1ccncc1. The van der Waals surface area contributed by atoms with Crippen LogP contribution in [0.25, 0.3) is 0 Å². The first kappa shape index (κ1) is 14.4. The summed E-state index contributed by atoms with van der Waals surface area (Å²) in [6.07, 6.45) is 10.2. The van der Waals surface area contributed by atoms with Gasteiger partial charge >= 0.3 is 0 Å². The first-order valence-electron chi connectivity index (χ1n) is 8.50. The van der Waals surface area contributed by atoms with E-state index in [9.17, 15) is 4.79 Å². The average Bonchev–Trinajstić information content (AvgIpc) is 3.37. The molecule has 1 saturated heterocycles. The second-order valence-electron chi connectivity index (χ2n) is 6.53. The van der Waals surface area contributed by atoms with Crippen LogP contribution in [-0.2, 0) is 0 Å². The van der Waals surface area contributed by atoms with Crippen molar-refractivity contribution in [3.8, 4) is 0 Å². The first-order valence-corrected chi connectivity index (χ1v) is 8.50. The lowest BCUT2D eigenvalue weighted by Gasteiger charge is -2.29. The lowest BCUT2D eigenvalue weighted by molar-refractivity contribution is 0.0670. The number of aromatic nitrogens is 2. The van der Waals surface area contributed by atoms with Crippen LogP contribution in [0.15, 0.2) is 35.1 Å². The van der Waals surface area contributed by atoms with Crippen molar-refractivity contribution >= 4 is 5.91 Å². The molecule has 2 fully saturated rings. The minimum atomic E-state index is -0.00985. The van der Waals surface area contributed by atoms with Crippen LogP contribution < -0.4 is 0 Å². The van der Waals surface area contributed by atoms with E-state index in [1.165, 1.54) is 0 Å². The molecule has 23 heavy (non-hydrogen) atoms. The summed E-state index contributed by atoms with van der Waals surface area (Å²) in [6.45, 7) is 0.775. The average molecular weight is 311 g/mol. The zero-order valence-corrected chi connectivity index (χ0v) is 13.1. The molecule has 0 unspecified atom stereocenters. The van der Waals surface area contributed by atoms with Crippen molar-refractivity contribution < 1.29 is 9.32 Å². The highest BCUT2D eigenvalue weighted by Gasteiger charge is 2.32. The lowest BCUT2D eigenvalue weighted by Crippen LogP contribution is -2.35. The Morgan fingerprint density at radius 2 is 1.96 bits per heavy atom. The summed E-state index contributed by atoms with van der Waals surface area (Å²) in [5.74, 6) is 1.33. The molecule has 0 N–H and O–H groups in total. The number of rotatable bonds is 3. The third kappa shape index (κ3) is 3.00. The first-order chi connectivity index (χ1) is 11.3. The maximum absolute atomic E-state index is 13.0. The Morgan fingerprint density at radius 3 is 2.74 bits per heavy atom. The summed E-state index contributed by atoms with van der Waals surface area (Å²) < 4.78 is 5.37. The van der Waals surface area contributed by atoms with Crippen LogP contribution in [0.3, 0.4) is 0 Å². The van der Waals surface area contributed by atoms with Gasteiger partial charge < -0.3 is 9.42 Å². The number of nitrogens with zero attached hydrogens (tertiary/aromatic N) is 3.